The zero-order valence-electron chi connectivity index (χ0n) is 10.8. The first-order valence-corrected chi connectivity index (χ1v) is 7.63. The van der Waals surface area contributed by atoms with E-state index in [1.54, 1.807) is 7.05 Å². The highest BCUT2D eigenvalue weighted by atomic mass is 32.2. The molecule has 6 nitrogen and oxygen atoms in total. The molecule has 2 heterocycles. The number of hydrogen-bond donors (Lipinski definition) is 1. The Bertz CT molecular complexity index is 509. The van der Waals surface area contributed by atoms with Crippen molar-refractivity contribution < 1.29 is 8.42 Å². The van der Waals surface area contributed by atoms with Crippen LogP contribution in [0.5, 0.6) is 0 Å². The van der Waals surface area contributed by atoms with E-state index in [1.807, 2.05) is 6.92 Å². The summed E-state index contributed by atoms with van der Waals surface area (Å²) in [6.07, 6.45) is 5.68. The van der Waals surface area contributed by atoms with Gasteiger partial charge in [0.25, 0.3) is 0 Å². The number of rotatable bonds is 3. The normalized spacial score (nSPS) is 24.1. The highest BCUT2D eigenvalue weighted by Gasteiger charge is 2.35. The van der Waals surface area contributed by atoms with Gasteiger partial charge in [0.05, 0.1) is 6.20 Å². The fourth-order valence-corrected chi connectivity index (χ4v) is 4.18. The summed E-state index contributed by atoms with van der Waals surface area (Å²) in [7, 11) is -1.76. The molecule has 2 atom stereocenters. The lowest BCUT2D eigenvalue weighted by molar-refractivity contribution is 0.227. The molecule has 1 aliphatic heterocycles. The summed E-state index contributed by atoms with van der Waals surface area (Å²) in [6, 6.07) is -0.263. The van der Waals surface area contributed by atoms with Crippen LogP contribution in [0.2, 0.25) is 0 Å². The average molecular weight is 272 g/mol. The van der Waals surface area contributed by atoms with Crippen molar-refractivity contribution in [2.75, 3.05) is 6.54 Å². The molecule has 7 heteroatoms. The smallest absolute Gasteiger partial charge is 0.246 e. The van der Waals surface area contributed by atoms with E-state index in [0.29, 0.717) is 6.54 Å². The Morgan fingerprint density at radius 1 is 1.50 bits per heavy atom. The predicted octanol–water partition coefficient (Wildman–Crippen LogP) is 0.311. The van der Waals surface area contributed by atoms with E-state index in [-0.39, 0.29) is 17.0 Å². The molecule has 1 aromatic rings. The van der Waals surface area contributed by atoms with Crippen molar-refractivity contribution in [3.8, 4) is 0 Å². The number of aromatic nitrogens is 2. The fraction of sp³-hybridized carbons (Fsp3) is 0.727. The highest BCUT2D eigenvalue weighted by molar-refractivity contribution is 7.89. The number of nitrogens with two attached hydrogens (primary N) is 1. The van der Waals surface area contributed by atoms with Gasteiger partial charge in [0, 0.05) is 31.9 Å². The second-order valence-electron chi connectivity index (χ2n) is 4.89. The van der Waals surface area contributed by atoms with Crippen molar-refractivity contribution in [2.45, 2.75) is 43.2 Å². The third-order valence-corrected chi connectivity index (χ3v) is 5.27. The van der Waals surface area contributed by atoms with Gasteiger partial charge in [-0.1, -0.05) is 6.42 Å². The van der Waals surface area contributed by atoms with Gasteiger partial charge in [0.2, 0.25) is 10.0 Å². The van der Waals surface area contributed by atoms with Gasteiger partial charge in [0.1, 0.15) is 4.90 Å². The molecule has 102 valence electrons. The summed E-state index contributed by atoms with van der Waals surface area (Å²) >= 11 is 0. The van der Waals surface area contributed by atoms with Gasteiger partial charge in [-0.2, -0.15) is 9.40 Å². The molecule has 0 radical (unpaired) electrons. The molecule has 0 spiro atoms. The Labute approximate surface area is 108 Å². The van der Waals surface area contributed by atoms with Crippen LogP contribution in [-0.2, 0) is 17.1 Å². The second kappa shape index (κ2) is 4.99. The van der Waals surface area contributed by atoms with Gasteiger partial charge in [-0.25, -0.2) is 8.42 Å². The Kier molecular flexibility index (Phi) is 3.74. The third-order valence-electron chi connectivity index (χ3n) is 3.39. The van der Waals surface area contributed by atoms with Gasteiger partial charge in [0.15, 0.2) is 0 Å². The SMILES string of the molecule is C[C@@H](N)[C@@H]1CCCCN1S(=O)(=O)c1cnn(C)c1. The van der Waals surface area contributed by atoms with Crippen LogP contribution >= 0.6 is 0 Å². The summed E-state index contributed by atoms with van der Waals surface area (Å²) in [5.41, 5.74) is 5.91. The van der Waals surface area contributed by atoms with E-state index >= 15 is 0 Å². The lowest BCUT2D eigenvalue weighted by Gasteiger charge is -2.36. The van der Waals surface area contributed by atoms with E-state index in [4.69, 9.17) is 5.73 Å². The van der Waals surface area contributed by atoms with Crippen molar-refractivity contribution in [1.82, 2.24) is 14.1 Å². The largest absolute Gasteiger partial charge is 0.326 e. The predicted molar refractivity (Wildman–Crippen MR) is 68.4 cm³/mol. The number of hydrogen-bond acceptors (Lipinski definition) is 4. The van der Waals surface area contributed by atoms with Crippen LogP contribution in [0.3, 0.4) is 0 Å². The van der Waals surface area contributed by atoms with Crippen molar-refractivity contribution >= 4 is 10.0 Å². The van der Waals surface area contributed by atoms with Crippen LogP contribution in [0, 0.1) is 0 Å². The van der Waals surface area contributed by atoms with Crippen LogP contribution in [-0.4, -0.2) is 41.1 Å². The van der Waals surface area contributed by atoms with Crippen LogP contribution in [0.4, 0.5) is 0 Å². The van der Waals surface area contributed by atoms with E-state index in [9.17, 15) is 8.42 Å². The Hall–Kier alpha value is -0.920. The average Bonchev–Trinajstić information content (AvgIpc) is 2.76. The molecule has 0 unspecified atom stereocenters. The fourth-order valence-electron chi connectivity index (χ4n) is 2.42. The van der Waals surface area contributed by atoms with E-state index in [0.717, 1.165) is 19.3 Å². The molecule has 1 aromatic heterocycles. The summed E-state index contributed by atoms with van der Waals surface area (Å²) in [5.74, 6) is 0. The Morgan fingerprint density at radius 2 is 2.22 bits per heavy atom. The minimum atomic E-state index is -3.47. The van der Waals surface area contributed by atoms with E-state index in [1.165, 1.54) is 21.4 Å². The van der Waals surface area contributed by atoms with E-state index < -0.39 is 10.0 Å². The quantitative estimate of drug-likeness (QED) is 0.858. The van der Waals surface area contributed by atoms with Crippen molar-refractivity contribution in [3.05, 3.63) is 12.4 Å². The number of nitrogens with zero attached hydrogens (tertiary/aromatic N) is 3. The maximum Gasteiger partial charge on any atom is 0.246 e. The van der Waals surface area contributed by atoms with Crippen LogP contribution in [0.25, 0.3) is 0 Å². The molecule has 1 aliphatic rings. The van der Waals surface area contributed by atoms with E-state index in [2.05, 4.69) is 5.10 Å². The summed E-state index contributed by atoms with van der Waals surface area (Å²) in [6.45, 7) is 2.41. The minimum absolute atomic E-state index is 0.107. The topological polar surface area (TPSA) is 81.2 Å². The molecular weight excluding hydrogens is 252 g/mol. The molecule has 1 fully saturated rings. The maximum atomic E-state index is 12.5. The monoisotopic (exact) mass is 272 g/mol. The molecule has 18 heavy (non-hydrogen) atoms. The van der Waals surface area contributed by atoms with Gasteiger partial charge in [-0.15, -0.1) is 0 Å². The highest BCUT2D eigenvalue weighted by Crippen LogP contribution is 2.26. The van der Waals surface area contributed by atoms with Gasteiger partial charge < -0.3 is 5.73 Å². The lowest BCUT2D eigenvalue weighted by atomic mass is 10.00. The molecule has 0 amide bonds. The molecule has 2 N–H and O–H groups in total. The van der Waals surface area contributed by atoms with Gasteiger partial charge in [-0.05, 0) is 19.8 Å². The van der Waals surface area contributed by atoms with Gasteiger partial charge >= 0.3 is 0 Å². The van der Waals surface area contributed by atoms with Crippen LogP contribution in [0.1, 0.15) is 26.2 Å². The van der Waals surface area contributed by atoms with Gasteiger partial charge in [-0.3, -0.25) is 4.68 Å². The molecular formula is C11H20N4O2S. The first kappa shape index (κ1) is 13.5. The molecule has 0 bridgehead atoms. The summed E-state index contributed by atoms with van der Waals surface area (Å²) in [4.78, 5) is 0.248. The summed E-state index contributed by atoms with van der Waals surface area (Å²) in [5, 5.41) is 3.93. The molecule has 1 saturated heterocycles. The molecule has 0 saturated carbocycles. The third kappa shape index (κ3) is 2.43. The van der Waals surface area contributed by atoms with Crippen molar-refractivity contribution in [1.29, 1.82) is 0 Å². The number of sulfonamides is 1. The maximum absolute atomic E-state index is 12.5. The second-order valence-corrected chi connectivity index (χ2v) is 6.78. The van der Waals surface area contributed by atoms with Crippen molar-refractivity contribution in [2.24, 2.45) is 12.8 Å². The van der Waals surface area contributed by atoms with Crippen LogP contribution in [0.15, 0.2) is 17.3 Å². The molecule has 0 aliphatic carbocycles. The van der Waals surface area contributed by atoms with Crippen LogP contribution < -0.4 is 5.73 Å². The molecule has 0 aromatic carbocycles. The number of piperidine rings is 1. The standard InChI is InChI=1S/C11H20N4O2S/c1-9(12)11-5-3-4-6-15(11)18(16,17)10-7-13-14(2)8-10/h7-9,11H,3-6,12H2,1-2H3/t9-,11+/m1/s1. The summed E-state index contributed by atoms with van der Waals surface area (Å²) < 4.78 is 28.1. The zero-order chi connectivity index (χ0) is 13.3. The number of aryl methyl sites for hydroxylation is 1. The Morgan fingerprint density at radius 3 is 2.78 bits per heavy atom. The first-order chi connectivity index (χ1) is 8.43. The first-order valence-electron chi connectivity index (χ1n) is 6.19. The Balaban J connectivity index is 2.33. The van der Waals surface area contributed by atoms with Crippen molar-refractivity contribution in [3.63, 3.8) is 0 Å². The zero-order valence-corrected chi connectivity index (χ0v) is 11.6. The molecule has 2 rings (SSSR count). The minimum Gasteiger partial charge on any atom is -0.326 e. The lowest BCUT2D eigenvalue weighted by Crippen LogP contribution is -2.51.